The first kappa shape index (κ1) is 53.5. The van der Waals surface area contributed by atoms with Crippen LogP contribution in [0.2, 0.25) is 0 Å². The molecule has 324 valence electrons. The van der Waals surface area contributed by atoms with Crippen LogP contribution in [-0.2, 0) is 14.9 Å². The molecule has 0 rings (SSSR count). The molecule has 0 bridgehead atoms. The third-order valence-corrected chi connectivity index (χ3v) is 11.5. The quantitative estimate of drug-likeness (QED) is 0.0211. The Hall–Kier alpha value is -1.48. The summed E-state index contributed by atoms with van der Waals surface area (Å²) < 4.78 is 32.6. The van der Waals surface area contributed by atoms with Gasteiger partial charge in [0.15, 0.2) is 0 Å². The van der Waals surface area contributed by atoms with E-state index in [9.17, 15) is 28.0 Å². The SMILES string of the molecule is CCCCC/C=C\C=C/CCCCCCCCCCCC(O)C(=O)NC(CS(=O)(=O)O)C(O)/C=C/CCCCCCCCCCCCCCCCCCCC. The summed E-state index contributed by atoms with van der Waals surface area (Å²) in [7, 11) is -4.45. The first-order valence-corrected chi connectivity index (χ1v) is 24.9. The second-order valence-corrected chi connectivity index (χ2v) is 17.7. The minimum absolute atomic E-state index is 0.275. The normalized spacial score (nSPS) is 14.1. The van der Waals surface area contributed by atoms with Crippen LogP contribution in [0, 0.1) is 0 Å². The van der Waals surface area contributed by atoms with Crippen LogP contribution in [0.5, 0.6) is 0 Å². The molecule has 0 heterocycles. The van der Waals surface area contributed by atoms with Crippen molar-refractivity contribution in [2.75, 3.05) is 5.75 Å². The van der Waals surface area contributed by atoms with Crippen molar-refractivity contribution in [2.45, 2.75) is 250 Å². The van der Waals surface area contributed by atoms with Crippen LogP contribution < -0.4 is 5.32 Å². The predicted molar refractivity (Wildman–Crippen MR) is 236 cm³/mol. The van der Waals surface area contributed by atoms with Gasteiger partial charge in [-0.25, -0.2) is 0 Å². The number of rotatable bonds is 42. The fourth-order valence-electron chi connectivity index (χ4n) is 7.10. The van der Waals surface area contributed by atoms with Crippen molar-refractivity contribution in [1.29, 1.82) is 0 Å². The monoisotopic (exact) mass is 796 g/mol. The number of hydrogen-bond acceptors (Lipinski definition) is 5. The molecule has 0 fully saturated rings. The summed E-state index contributed by atoms with van der Waals surface area (Å²) in [4.78, 5) is 12.6. The number of hydrogen-bond donors (Lipinski definition) is 4. The van der Waals surface area contributed by atoms with Crippen molar-refractivity contribution < 1.29 is 28.0 Å². The van der Waals surface area contributed by atoms with Gasteiger partial charge in [0.05, 0.1) is 17.9 Å². The van der Waals surface area contributed by atoms with Gasteiger partial charge in [-0.15, -0.1) is 0 Å². The average Bonchev–Trinajstić information content (AvgIpc) is 3.15. The molecule has 8 heteroatoms. The lowest BCUT2D eigenvalue weighted by molar-refractivity contribution is -0.130. The van der Waals surface area contributed by atoms with Crippen molar-refractivity contribution in [3.05, 3.63) is 36.5 Å². The number of carbonyl (C=O) groups is 1. The Balaban J connectivity index is 3.96. The molecule has 0 aliphatic carbocycles. The molecule has 3 atom stereocenters. The van der Waals surface area contributed by atoms with Gasteiger partial charge in [0, 0.05) is 0 Å². The van der Waals surface area contributed by atoms with Gasteiger partial charge in [-0.1, -0.05) is 224 Å². The molecule has 7 nitrogen and oxygen atoms in total. The zero-order valence-electron chi connectivity index (χ0n) is 35.9. The first-order valence-electron chi connectivity index (χ1n) is 23.3. The Morgan fingerprint density at radius 3 is 1.24 bits per heavy atom. The number of allylic oxidation sites excluding steroid dienone is 5. The van der Waals surface area contributed by atoms with Crippen LogP contribution in [0.15, 0.2) is 36.5 Å². The number of nitrogens with one attached hydrogen (secondary N) is 1. The molecule has 0 spiro atoms. The van der Waals surface area contributed by atoms with Crippen LogP contribution in [0.3, 0.4) is 0 Å². The maximum atomic E-state index is 12.6. The van der Waals surface area contributed by atoms with Gasteiger partial charge in [-0.05, 0) is 44.9 Å². The molecule has 0 aromatic heterocycles. The Bertz CT molecular complexity index is 1030. The Labute approximate surface area is 340 Å². The molecule has 0 aliphatic rings. The van der Waals surface area contributed by atoms with Crippen molar-refractivity contribution in [3.63, 3.8) is 0 Å². The molecule has 0 aromatic carbocycles. The molecule has 0 saturated carbocycles. The van der Waals surface area contributed by atoms with Crippen molar-refractivity contribution in [2.24, 2.45) is 0 Å². The second-order valence-electron chi connectivity index (χ2n) is 16.2. The standard InChI is InChI=1S/C47H89NO6S/c1-3-5-7-9-11-13-15-17-19-21-23-24-26-27-29-31-33-35-37-39-41-45(49)44(43-55(52,53)54)48-47(51)46(50)42-40-38-36-34-32-30-28-25-22-20-18-16-14-12-10-8-6-4-2/h12,14,16,18,39,41,44-46,49-50H,3-11,13,15,17,19-38,40,42-43H2,1-2H3,(H,48,51)(H,52,53,54)/b14-12-,18-16-,41-39+. The Morgan fingerprint density at radius 1 is 0.509 bits per heavy atom. The number of carbonyl (C=O) groups excluding carboxylic acids is 1. The smallest absolute Gasteiger partial charge is 0.267 e. The van der Waals surface area contributed by atoms with Crippen LogP contribution >= 0.6 is 0 Å². The highest BCUT2D eigenvalue weighted by atomic mass is 32.2. The summed E-state index contributed by atoms with van der Waals surface area (Å²) in [6.07, 6.45) is 50.5. The summed E-state index contributed by atoms with van der Waals surface area (Å²) in [5.41, 5.74) is 0. The van der Waals surface area contributed by atoms with Gasteiger partial charge >= 0.3 is 0 Å². The summed E-state index contributed by atoms with van der Waals surface area (Å²) in [6.45, 7) is 4.50. The fourth-order valence-corrected chi connectivity index (χ4v) is 7.83. The van der Waals surface area contributed by atoms with Gasteiger partial charge < -0.3 is 15.5 Å². The number of unbranched alkanes of at least 4 members (excludes halogenated alkanes) is 30. The molecule has 55 heavy (non-hydrogen) atoms. The third kappa shape index (κ3) is 40.5. The highest BCUT2D eigenvalue weighted by molar-refractivity contribution is 7.85. The zero-order valence-corrected chi connectivity index (χ0v) is 36.7. The summed E-state index contributed by atoms with van der Waals surface area (Å²) in [5, 5.41) is 23.5. The molecule has 0 aromatic rings. The van der Waals surface area contributed by atoms with Gasteiger partial charge in [0.1, 0.15) is 6.10 Å². The first-order chi connectivity index (χ1) is 26.7. The minimum Gasteiger partial charge on any atom is -0.387 e. The molecule has 0 radical (unpaired) electrons. The van der Waals surface area contributed by atoms with Gasteiger partial charge in [0.25, 0.3) is 10.1 Å². The van der Waals surface area contributed by atoms with Gasteiger partial charge in [0.2, 0.25) is 5.91 Å². The molecular weight excluding hydrogens is 707 g/mol. The van der Waals surface area contributed by atoms with E-state index in [0.29, 0.717) is 6.42 Å². The lowest BCUT2D eigenvalue weighted by Gasteiger charge is -2.22. The van der Waals surface area contributed by atoms with E-state index in [-0.39, 0.29) is 6.42 Å². The highest BCUT2D eigenvalue weighted by Gasteiger charge is 2.27. The van der Waals surface area contributed by atoms with Crippen molar-refractivity contribution in [1.82, 2.24) is 5.32 Å². The van der Waals surface area contributed by atoms with E-state index in [4.69, 9.17) is 0 Å². The number of aliphatic hydroxyl groups is 2. The van der Waals surface area contributed by atoms with Crippen LogP contribution in [-0.4, -0.2) is 53.1 Å². The number of amides is 1. The van der Waals surface area contributed by atoms with Crippen LogP contribution in [0.25, 0.3) is 0 Å². The van der Waals surface area contributed by atoms with Crippen molar-refractivity contribution >= 4 is 16.0 Å². The van der Waals surface area contributed by atoms with E-state index in [0.717, 1.165) is 44.9 Å². The lowest BCUT2D eigenvalue weighted by Crippen LogP contribution is -2.50. The Kier molecular flexibility index (Phi) is 39.6. The molecule has 0 saturated heterocycles. The molecule has 3 unspecified atom stereocenters. The van der Waals surface area contributed by atoms with E-state index in [1.54, 1.807) is 0 Å². The summed E-state index contributed by atoms with van der Waals surface area (Å²) in [5.74, 6) is -1.54. The van der Waals surface area contributed by atoms with E-state index in [2.05, 4.69) is 43.5 Å². The maximum Gasteiger partial charge on any atom is 0.267 e. The van der Waals surface area contributed by atoms with E-state index in [1.807, 2.05) is 6.08 Å². The molecule has 1 amide bonds. The van der Waals surface area contributed by atoms with E-state index >= 15 is 0 Å². The molecule has 4 N–H and O–H groups in total. The van der Waals surface area contributed by atoms with Crippen LogP contribution in [0.4, 0.5) is 0 Å². The molecule has 0 aliphatic heterocycles. The van der Waals surface area contributed by atoms with E-state index in [1.165, 1.54) is 167 Å². The van der Waals surface area contributed by atoms with Gasteiger partial charge in [-0.2, -0.15) is 8.42 Å². The maximum absolute atomic E-state index is 12.6. The fraction of sp³-hybridized carbons (Fsp3) is 0.851. The molecular formula is C47H89NO6S. The van der Waals surface area contributed by atoms with E-state index < -0.39 is 40.0 Å². The lowest BCUT2D eigenvalue weighted by atomic mass is 10.0. The van der Waals surface area contributed by atoms with Crippen molar-refractivity contribution in [3.8, 4) is 0 Å². The Morgan fingerprint density at radius 2 is 0.836 bits per heavy atom. The summed E-state index contributed by atoms with van der Waals surface area (Å²) in [6, 6.07) is -1.23. The second kappa shape index (κ2) is 40.7. The number of aliphatic hydroxyl groups excluding tert-OH is 2. The third-order valence-electron chi connectivity index (χ3n) is 10.7. The van der Waals surface area contributed by atoms with Gasteiger partial charge in [-0.3, -0.25) is 9.35 Å². The van der Waals surface area contributed by atoms with Crippen LogP contribution in [0.1, 0.15) is 232 Å². The largest absolute Gasteiger partial charge is 0.387 e. The average molecular weight is 796 g/mol. The predicted octanol–water partition coefficient (Wildman–Crippen LogP) is 13.1. The summed E-state index contributed by atoms with van der Waals surface area (Å²) >= 11 is 0. The zero-order chi connectivity index (χ0) is 40.5. The minimum atomic E-state index is -4.45. The topological polar surface area (TPSA) is 124 Å². The highest BCUT2D eigenvalue weighted by Crippen LogP contribution is 2.16.